The molecule has 4 rings (SSSR count). The molecule has 4 nitrogen and oxygen atoms in total. The van der Waals surface area contributed by atoms with E-state index in [-0.39, 0.29) is 11.9 Å². The second-order valence-electron chi connectivity index (χ2n) is 6.64. The molecular formula is C23H21N3OS. The van der Waals surface area contributed by atoms with Crippen LogP contribution in [0.5, 0.6) is 0 Å². The van der Waals surface area contributed by atoms with Gasteiger partial charge in [-0.15, -0.1) is 11.3 Å². The predicted molar refractivity (Wildman–Crippen MR) is 116 cm³/mol. The number of hydrogen-bond donors (Lipinski definition) is 2. The number of amides is 1. The highest BCUT2D eigenvalue weighted by molar-refractivity contribution is 7.21. The summed E-state index contributed by atoms with van der Waals surface area (Å²) in [5, 5.41) is 7.24. The zero-order valence-corrected chi connectivity index (χ0v) is 16.4. The van der Waals surface area contributed by atoms with Crippen LogP contribution in [0.1, 0.15) is 12.5 Å². The number of fused-ring (bicyclic) bond motifs is 1. The Bertz CT molecular complexity index is 1060. The topological polar surface area (TPSA) is 54.0 Å². The molecule has 0 aliphatic rings. The van der Waals surface area contributed by atoms with Gasteiger partial charge in [-0.05, 0) is 36.8 Å². The lowest BCUT2D eigenvalue weighted by Gasteiger charge is -2.16. The molecule has 0 fully saturated rings. The molecular weight excluding hydrogens is 366 g/mol. The van der Waals surface area contributed by atoms with E-state index >= 15 is 0 Å². The van der Waals surface area contributed by atoms with E-state index in [9.17, 15) is 4.79 Å². The van der Waals surface area contributed by atoms with Crippen molar-refractivity contribution >= 4 is 33.1 Å². The van der Waals surface area contributed by atoms with Gasteiger partial charge in [-0.25, -0.2) is 4.98 Å². The van der Waals surface area contributed by atoms with E-state index in [1.54, 1.807) is 11.3 Å². The first-order valence-electron chi connectivity index (χ1n) is 9.23. The number of nitrogens with zero attached hydrogens (tertiary/aromatic N) is 1. The Morgan fingerprint density at radius 3 is 2.61 bits per heavy atom. The molecule has 5 heteroatoms. The first-order valence-corrected chi connectivity index (χ1v) is 10.0. The monoisotopic (exact) mass is 387 g/mol. The molecule has 1 atom stereocenters. The molecule has 2 N–H and O–H groups in total. The Morgan fingerprint density at radius 1 is 1.00 bits per heavy atom. The van der Waals surface area contributed by atoms with Crippen molar-refractivity contribution in [1.29, 1.82) is 0 Å². The average Bonchev–Trinajstić information content (AvgIpc) is 3.17. The van der Waals surface area contributed by atoms with Crippen LogP contribution in [0.15, 0.2) is 78.9 Å². The number of rotatable bonds is 6. The lowest BCUT2D eigenvalue weighted by atomic mass is 10.2. The van der Waals surface area contributed by atoms with Gasteiger partial charge in [-0.2, -0.15) is 0 Å². The third-order valence-electron chi connectivity index (χ3n) is 4.49. The number of para-hydroxylation sites is 1. The first kappa shape index (κ1) is 18.2. The van der Waals surface area contributed by atoms with Crippen LogP contribution in [0.3, 0.4) is 0 Å². The maximum absolute atomic E-state index is 12.4. The molecule has 1 heterocycles. The third kappa shape index (κ3) is 4.21. The predicted octanol–water partition coefficient (Wildman–Crippen LogP) is 5.08. The highest BCUT2D eigenvalue weighted by atomic mass is 32.1. The van der Waals surface area contributed by atoms with Gasteiger partial charge in [0.05, 0.1) is 10.2 Å². The van der Waals surface area contributed by atoms with Gasteiger partial charge < -0.3 is 10.6 Å². The van der Waals surface area contributed by atoms with Crippen molar-refractivity contribution in [3.63, 3.8) is 0 Å². The molecule has 0 saturated heterocycles. The number of thiazole rings is 1. The van der Waals surface area contributed by atoms with Crippen molar-refractivity contribution in [2.45, 2.75) is 19.5 Å². The summed E-state index contributed by atoms with van der Waals surface area (Å²) in [6, 6.07) is 25.7. The van der Waals surface area contributed by atoms with Gasteiger partial charge in [-0.1, -0.05) is 54.6 Å². The highest BCUT2D eigenvalue weighted by Crippen LogP contribution is 2.31. The Kier molecular flexibility index (Phi) is 5.35. The standard InChI is InChI=1S/C23H21N3OS/c1-16(22(27)24-15-17-8-3-2-4-9-17)25-19-11-7-10-18(14-19)23-26-20-12-5-6-13-21(20)28-23/h2-14,16,25H,15H2,1H3,(H,24,27)/t16-/m1/s1. The van der Waals surface area contributed by atoms with Gasteiger partial charge in [0.2, 0.25) is 5.91 Å². The smallest absolute Gasteiger partial charge is 0.242 e. The fraction of sp³-hybridized carbons (Fsp3) is 0.130. The van der Waals surface area contributed by atoms with E-state index in [1.165, 1.54) is 4.70 Å². The maximum atomic E-state index is 12.4. The van der Waals surface area contributed by atoms with E-state index in [1.807, 2.05) is 79.7 Å². The summed E-state index contributed by atoms with van der Waals surface area (Å²) >= 11 is 1.67. The zero-order chi connectivity index (χ0) is 19.3. The summed E-state index contributed by atoms with van der Waals surface area (Å²) in [7, 11) is 0. The van der Waals surface area contributed by atoms with Gasteiger partial charge in [0.15, 0.2) is 0 Å². The Hall–Kier alpha value is -3.18. The van der Waals surface area contributed by atoms with Crippen LogP contribution in [0.25, 0.3) is 20.8 Å². The minimum Gasteiger partial charge on any atom is -0.374 e. The summed E-state index contributed by atoms with van der Waals surface area (Å²) in [5.41, 5.74) is 4.04. The van der Waals surface area contributed by atoms with Gasteiger partial charge in [0, 0.05) is 17.8 Å². The summed E-state index contributed by atoms with van der Waals surface area (Å²) < 4.78 is 1.17. The molecule has 140 valence electrons. The van der Waals surface area contributed by atoms with E-state index in [0.29, 0.717) is 6.54 Å². The lowest BCUT2D eigenvalue weighted by molar-refractivity contribution is -0.121. The number of nitrogens with one attached hydrogen (secondary N) is 2. The van der Waals surface area contributed by atoms with E-state index in [0.717, 1.165) is 27.3 Å². The number of carbonyl (C=O) groups excluding carboxylic acids is 1. The highest BCUT2D eigenvalue weighted by Gasteiger charge is 2.13. The van der Waals surface area contributed by atoms with Crippen LogP contribution in [-0.4, -0.2) is 16.9 Å². The van der Waals surface area contributed by atoms with Crippen molar-refractivity contribution in [3.8, 4) is 10.6 Å². The van der Waals surface area contributed by atoms with Crippen LogP contribution >= 0.6 is 11.3 Å². The van der Waals surface area contributed by atoms with Crippen LogP contribution in [0.2, 0.25) is 0 Å². The molecule has 1 amide bonds. The van der Waals surface area contributed by atoms with Gasteiger partial charge in [-0.3, -0.25) is 4.79 Å². The lowest BCUT2D eigenvalue weighted by Crippen LogP contribution is -2.37. The molecule has 0 spiro atoms. The fourth-order valence-corrected chi connectivity index (χ4v) is 3.95. The first-order chi connectivity index (χ1) is 13.7. The number of anilines is 1. The number of hydrogen-bond acceptors (Lipinski definition) is 4. The molecule has 0 bridgehead atoms. The average molecular weight is 388 g/mol. The summed E-state index contributed by atoms with van der Waals surface area (Å²) in [4.78, 5) is 17.1. The Labute approximate surface area is 168 Å². The van der Waals surface area contributed by atoms with Crippen molar-refractivity contribution in [1.82, 2.24) is 10.3 Å². The maximum Gasteiger partial charge on any atom is 0.242 e. The molecule has 0 aliphatic carbocycles. The molecule has 1 aromatic heterocycles. The van der Waals surface area contributed by atoms with E-state index in [2.05, 4.69) is 16.7 Å². The molecule has 3 aromatic carbocycles. The second kappa shape index (κ2) is 8.23. The van der Waals surface area contributed by atoms with Crippen LogP contribution in [0.4, 0.5) is 5.69 Å². The number of carbonyl (C=O) groups is 1. The van der Waals surface area contributed by atoms with Crippen molar-refractivity contribution in [2.24, 2.45) is 0 Å². The van der Waals surface area contributed by atoms with Crippen molar-refractivity contribution < 1.29 is 4.79 Å². The largest absolute Gasteiger partial charge is 0.374 e. The minimum atomic E-state index is -0.339. The minimum absolute atomic E-state index is 0.0331. The van der Waals surface area contributed by atoms with E-state index < -0.39 is 0 Å². The fourth-order valence-electron chi connectivity index (χ4n) is 2.99. The van der Waals surface area contributed by atoms with Gasteiger partial charge >= 0.3 is 0 Å². The zero-order valence-electron chi connectivity index (χ0n) is 15.6. The summed E-state index contributed by atoms with van der Waals surface area (Å²) in [6.07, 6.45) is 0. The van der Waals surface area contributed by atoms with Crippen LogP contribution < -0.4 is 10.6 Å². The van der Waals surface area contributed by atoms with E-state index in [4.69, 9.17) is 4.98 Å². The van der Waals surface area contributed by atoms with Crippen LogP contribution in [-0.2, 0) is 11.3 Å². The molecule has 0 unspecified atom stereocenters. The second-order valence-corrected chi connectivity index (χ2v) is 7.67. The Morgan fingerprint density at radius 2 is 1.79 bits per heavy atom. The van der Waals surface area contributed by atoms with Crippen LogP contribution in [0, 0.1) is 0 Å². The molecule has 0 saturated carbocycles. The molecule has 0 radical (unpaired) electrons. The quantitative estimate of drug-likeness (QED) is 0.485. The molecule has 28 heavy (non-hydrogen) atoms. The Balaban J connectivity index is 1.43. The number of aromatic nitrogens is 1. The SMILES string of the molecule is C[C@@H](Nc1cccc(-c2nc3ccccc3s2)c1)C(=O)NCc1ccccc1. The van der Waals surface area contributed by atoms with Crippen molar-refractivity contribution in [3.05, 3.63) is 84.4 Å². The summed E-state index contributed by atoms with van der Waals surface area (Å²) in [6.45, 7) is 2.39. The van der Waals surface area contributed by atoms with Gasteiger partial charge in [0.25, 0.3) is 0 Å². The van der Waals surface area contributed by atoms with Gasteiger partial charge in [0.1, 0.15) is 11.0 Å². The van der Waals surface area contributed by atoms with Crippen molar-refractivity contribution in [2.75, 3.05) is 5.32 Å². The molecule has 4 aromatic rings. The number of benzene rings is 3. The third-order valence-corrected chi connectivity index (χ3v) is 5.57. The molecule has 0 aliphatic heterocycles. The summed E-state index contributed by atoms with van der Waals surface area (Å²) in [5.74, 6) is -0.0331. The normalized spacial score (nSPS) is 11.9.